The Morgan fingerprint density at radius 2 is 1.96 bits per heavy atom. The zero-order valence-electron chi connectivity index (χ0n) is 17.9. The van der Waals surface area contributed by atoms with Crippen molar-refractivity contribution in [2.75, 3.05) is 39.1 Å². The highest BCUT2D eigenvalue weighted by Gasteiger charge is 2.21. The van der Waals surface area contributed by atoms with Gasteiger partial charge in [0, 0.05) is 58.2 Å². The molecule has 1 aliphatic heterocycles. The number of piperidine rings is 1. The number of hydrogen-bond acceptors (Lipinski definition) is 4. The molecule has 1 aromatic heterocycles. The summed E-state index contributed by atoms with van der Waals surface area (Å²) in [7, 11) is 5.89. The molecule has 2 aromatic rings. The van der Waals surface area contributed by atoms with Crippen LogP contribution in [-0.4, -0.2) is 62.2 Å². The molecular weight excluding hydrogens is 348 g/mol. The van der Waals surface area contributed by atoms with Crippen molar-refractivity contribution in [1.29, 1.82) is 0 Å². The van der Waals surface area contributed by atoms with Gasteiger partial charge in [-0.2, -0.15) is 0 Å². The number of benzene rings is 1. The number of fused-ring (bicyclic) bond motifs is 1. The van der Waals surface area contributed by atoms with E-state index in [2.05, 4.69) is 58.6 Å². The van der Waals surface area contributed by atoms with E-state index in [0.29, 0.717) is 18.6 Å². The van der Waals surface area contributed by atoms with Crippen LogP contribution < -0.4 is 15.5 Å². The van der Waals surface area contributed by atoms with Crippen LogP contribution in [-0.2, 0) is 6.54 Å². The molecule has 0 unspecified atom stereocenters. The lowest BCUT2D eigenvalue weighted by Gasteiger charge is -2.35. The molecule has 152 valence electrons. The molecule has 1 aromatic carbocycles. The van der Waals surface area contributed by atoms with Gasteiger partial charge in [0.1, 0.15) is 5.82 Å². The average Bonchev–Trinajstić information content (AvgIpc) is 2.70. The lowest BCUT2D eigenvalue weighted by atomic mass is 10.0. The second-order valence-corrected chi connectivity index (χ2v) is 8.03. The van der Waals surface area contributed by atoms with Crippen LogP contribution in [0.25, 0.3) is 10.9 Å². The monoisotopic (exact) mass is 382 g/mol. The fourth-order valence-corrected chi connectivity index (χ4v) is 3.73. The van der Waals surface area contributed by atoms with E-state index in [-0.39, 0.29) is 0 Å². The summed E-state index contributed by atoms with van der Waals surface area (Å²) in [6, 6.07) is 11.6. The number of nitrogens with zero attached hydrogens (tertiary/aromatic N) is 4. The van der Waals surface area contributed by atoms with Gasteiger partial charge in [-0.1, -0.05) is 18.2 Å². The van der Waals surface area contributed by atoms with Crippen molar-refractivity contribution < 1.29 is 0 Å². The maximum absolute atomic E-state index is 4.75. The normalized spacial score (nSPS) is 16.6. The molecule has 3 rings (SSSR count). The van der Waals surface area contributed by atoms with E-state index < -0.39 is 0 Å². The number of pyridine rings is 1. The number of anilines is 1. The van der Waals surface area contributed by atoms with E-state index in [4.69, 9.17) is 4.98 Å². The maximum Gasteiger partial charge on any atom is 0.191 e. The highest BCUT2D eigenvalue weighted by Crippen LogP contribution is 2.22. The van der Waals surface area contributed by atoms with Gasteiger partial charge in [0.25, 0.3) is 0 Å². The van der Waals surface area contributed by atoms with Gasteiger partial charge in [0.15, 0.2) is 5.96 Å². The van der Waals surface area contributed by atoms with Gasteiger partial charge in [0.2, 0.25) is 0 Å². The van der Waals surface area contributed by atoms with Crippen molar-refractivity contribution >= 4 is 22.7 Å². The third-order valence-electron chi connectivity index (χ3n) is 5.52. The fourth-order valence-electron chi connectivity index (χ4n) is 3.73. The van der Waals surface area contributed by atoms with Crippen molar-refractivity contribution in [3.8, 4) is 0 Å². The lowest BCUT2D eigenvalue weighted by molar-refractivity contribution is 0.167. The highest BCUT2D eigenvalue weighted by atomic mass is 15.2. The predicted octanol–water partition coefficient (Wildman–Crippen LogP) is 2.84. The third-order valence-corrected chi connectivity index (χ3v) is 5.52. The molecule has 0 radical (unpaired) electrons. The molecular formula is C22H34N6. The van der Waals surface area contributed by atoms with E-state index >= 15 is 0 Å². The van der Waals surface area contributed by atoms with Crippen LogP contribution in [0.4, 0.5) is 5.82 Å². The largest absolute Gasteiger partial charge is 0.363 e. The van der Waals surface area contributed by atoms with E-state index in [1.54, 1.807) is 0 Å². The van der Waals surface area contributed by atoms with Crippen LogP contribution in [0.3, 0.4) is 0 Å². The smallest absolute Gasteiger partial charge is 0.191 e. The van der Waals surface area contributed by atoms with Crippen molar-refractivity contribution in [2.45, 2.75) is 45.3 Å². The van der Waals surface area contributed by atoms with E-state index in [1.807, 2.05) is 32.1 Å². The van der Waals surface area contributed by atoms with Crippen molar-refractivity contribution in [2.24, 2.45) is 4.99 Å². The predicted molar refractivity (Wildman–Crippen MR) is 119 cm³/mol. The minimum atomic E-state index is 0.479. The molecule has 28 heavy (non-hydrogen) atoms. The van der Waals surface area contributed by atoms with Gasteiger partial charge in [-0.3, -0.25) is 4.99 Å². The first-order valence-electron chi connectivity index (χ1n) is 10.2. The summed E-state index contributed by atoms with van der Waals surface area (Å²) >= 11 is 0. The average molecular weight is 383 g/mol. The molecule has 0 atom stereocenters. The van der Waals surface area contributed by atoms with E-state index in [0.717, 1.165) is 43.2 Å². The standard InChI is InChI=1S/C22H34N6/c1-16(2)28-12-10-18(11-13-28)25-22(23-3)24-15-17-14-21(27(4)5)26-20-9-7-6-8-19(17)20/h6-9,14,16,18H,10-13,15H2,1-5H3,(H2,23,24,25). The summed E-state index contributed by atoms with van der Waals surface area (Å²) in [6.45, 7) is 7.56. The summed E-state index contributed by atoms with van der Waals surface area (Å²) in [5.74, 6) is 1.84. The van der Waals surface area contributed by atoms with E-state index in [9.17, 15) is 0 Å². The molecule has 0 saturated carbocycles. The first-order chi connectivity index (χ1) is 13.5. The zero-order chi connectivity index (χ0) is 20.1. The summed E-state index contributed by atoms with van der Waals surface area (Å²) in [5, 5.41) is 8.29. The molecule has 6 heteroatoms. The van der Waals surface area contributed by atoms with Gasteiger partial charge in [0.05, 0.1) is 5.52 Å². The number of para-hydroxylation sites is 1. The summed E-state index contributed by atoms with van der Waals surface area (Å²) in [6.07, 6.45) is 2.31. The molecule has 0 spiro atoms. The van der Waals surface area contributed by atoms with Gasteiger partial charge in [-0.25, -0.2) is 4.98 Å². The number of guanidine groups is 1. The summed E-state index contributed by atoms with van der Waals surface area (Å²) < 4.78 is 0. The van der Waals surface area contributed by atoms with Crippen LogP contribution in [0.5, 0.6) is 0 Å². The lowest BCUT2D eigenvalue weighted by Crippen LogP contribution is -2.49. The zero-order valence-corrected chi connectivity index (χ0v) is 17.9. The quantitative estimate of drug-likeness (QED) is 0.615. The number of nitrogens with one attached hydrogen (secondary N) is 2. The molecule has 1 saturated heterocycles. The Balaban J connectivity index is 1.65. The van der Waals surface area contributed by atoms with Crippen molar-refractivity contribution in [3.63, 3.8) is 0 Å². The third kappa shape index (κ3) is 4.93. The first-order valence-corrected chi connectivity index (χ1v) is 10.2. The molecule has 6 nitrogen and oxygen atoms in total. The SMILES string of the molecule is CN=C(NCc1cc(N(C)C)nc2ccccc12)NC1CCN(C(C)C)CC1. The summed E-state index contributed by atoms with van der Waals surface area (Å²) in [4.78, 5) is 13.8. The highest BCUT2D eigenvalue weighted by molar-refractivity contribution is 5.85. The Bertz CT molecular complexity index is 806. The topological polar surface area (TPSA) is 55.8 Å². The Morgan fingerprint density at radius 1 is 1.25 bits per heavy atom. The van der Waals surface area contributed by atoms with Gasteiger partial charge >= 0.3 is 0 Å². The number of aliphatic imine (C=N–C) groups is 1. The Morgan fingerprint density at radius 3 is 2.61 bits per heavy atom. The van der Waals surface area contributed by atoms with Gasteiger partial charge < -0.3 is 20.4 Å². The van der Waals surface area contributed by atoms with Gasteiger partial charge in [-0.15, -0.1) is 0 Å². The van der Waals surface area contributed by atoms with Crippen LogP contribution in [0.2, 0.25) is 0 Å². The molecule has 0 aliphatic carbocycles. The first kappa shape index (κ1) is 20.4. The molecule has 2 heterocycles. The molecule has 1 aliphatic rings. The molecule has 0 bridgehead atoms. The van der Waals surface area contributed by atoms with Crippen LogP contribution in [0.1, 0.15) is 32.3 Å². The van der Waals surface area contributed by atoms with Gasteiger partial charge in [-0.05, 0) is 44.4 Å². The Labute approximate surface area is 169 Å². The number of aromatic nitrogens is 1. The van der Waals surface area contributed by atoms with Crippen LogP contribution in [0, 0.1) is 0 Å². The second kappa shape index (κ2) is 9.24. The minimum Gasteiger partial charge on any atom is -0.363 e. The number of rotatable bonds is 5. The number of hydrogen-bond donors (Lipinski definition) is 2. The molecule has 1 fully saturated rings. The van der Waals surface area contributed by atoms with Crippen molar-refractivity contribution in [1.82, 2.24) is 20.5 Å². The second-order valence-electron chi connectivity index (χ2n) is 8.03. The van der Waals surface area contributed by atoms with Crippen molar-refractivity contribution in [3.05, 3.63) is 35.9 Å². The Hall–Kier alpha value is -2.34. The summed E-state index contributed by atoms with van der Waals surface area (Å²) in [5.41, 5.74) is 2.25. The molecule has 2 N–H and O–H groups in total. The van der Waals surface area contributed by atoms with Crippen LogP contribution in [0.15, 0.2) is 35.3 Å². The fraction of sp³-hybridized carbons (Fsp3) is 0.545. The maximum atomic E-state index is 4.75. The Kier molecular flexibility index (Phi) is 6.73. The van der Waals surface area contributed by atoms with Crippen LogP contribution >= 0.6 is 0 Å². The van der Waals surface area contributed by atoms with E-state index in [1.165, 1.54) is 10.9 Å². The minimum absolute atomic E-state index is 0.479. The molecule has 0 amide bonds. The number of likely N-dealkylation sites (tertiary alicyclic amines) is 1.